The molecule has 192 valence electrons. The van der Waals surface area contributed by atoms with E-state index in [-0.39, 0.29) is 36.7 Å². The van der Waals surface area contributed by atoms with Gasteiger partial charge in [-0.1, -0.05) is 13.8 Å². The van der Waals surface area contributed by atoms with Crippen LogP contribution in [0.25, 0.3) is 0 Å². The van der Waals surface area contributed by atoms with Gasteiger partial charge in [-0.15, -0.1) is 0 Å². The molecule has 0 heterocycles. The van der Waals surface area contributed by atoms with Crippen molar-refractivity contribution in [1.82, 2.24) is 0 Å². The molecule has 0 aromatic heterocycles. The Labute approximate surface area is 202 Å². The fraction of sp³-hybridized carbons (Fsp3) is 0.852. The van der Waals surface area contributed by atoms with E-state index < -0.39 is 51.7 Å². The van der Waals surface area contributed by atoms with E-state index in [1.807, 2.05) is 13.8 Å². The number of aliphatic hydroxyl groups is 5. The van der Waals surface area contributed by atoms with Crippen molar-refractivity contribution in [2.45, 2.75) is 115 Å². The van der Waals surface area contributed by atoms with Gasteiger partial charge in [-0.2, -0.15) is 0 Å². The highest BCUT2D eigenvalue weighted by molar-refractivity contribution is 5.97. The van der Waals surface area contributed by atoms with Gasteiger partial charge in [0.05, 0.1) is 22.9 Å². The van der Waals surface area contributed by atoms with E-state index in [4.69, 9.17) is 0 Å². The maximum Gasteiger partial charge on any atom is 0.161 e. The molecule has 3 fully saturated rings. The Morgan fingerprint density at radius 3 is 2.35 bits per heavy atom. The third-order valence-electron chi connectivity index (χ3n) is 10.3. The van der Waals surface area contributed by atoms with Crippen LogP contribution >= 0.6 is 0 Å². The number of hydrogen-bond acceptors (Lipinski definition) is 7. The smallest absolute Gasteiger partial charge is 0.161 e. The minimum absolute atomic E-state index is 0.121. The van der Waals surface area contributed by atoms with E-state index in [1.54, 1.807) is 26.8 Å². The number of Topliss-reactive ketones (excluding diaryl/α,β-unsaturated/α-hetero) is 1. The number of carbonyl (C=O) groups excluding carboxylic acids is 2. The van der Waals surface area contributed by atoms with Crippen LogP contribution in [-0.4, -0.2) is 66.1 Å². The Bertz CT molecular complexity index is 901. The first-order valence-corrected chi connectivity index (χ1v) is 12.8. The molecule has 7 nitrogen and oxygen atoms in total. The van der Waals surface area contributed by atoms with Gasteiger partial charge >= 0.3 is 0 Å². The van der Waals surface area contributed by atoms with Crippen LogP contribution in [-0.2, 0) is 9.59 Å². The first-order valence-electron chi connectivity index (χ1n) is 12.8. The molecule has 0 saturated heterocycles. The van der Waals surface area contributed by atoms with Gasteiger partial charge in [0.25, 0.3) is 0 Å². The van der Waals surface area contributed by atoms with Gasteiger partial charge in [0.15, 0.2) is 11.6 Å². The monoisotopic (exact) mass is 478 g/mol. The molecule has 4 rings (SSSR count). The van der Waals surface area contributed by atoms with Crippen molar-refractivity contribution in [1.29, 1.82) is 0 Å². The second-order valence-electron chi connectivity index (χ2n) is 13.0. The van der Waals surface area contributed by atoms with Gasteiger partial charge in [-0.3, -0.25) is 9.59 Å². The lowest BCUT2D eigenvalue weighted by molar-refractivity contribution is -0.173. The Kier molecular flexibility index (Phi) is 6.06. The molecule has 4 aliphatic rings. The predicted molar refractivity (Wildman–Crippen MR) is 126 cm³/mol. The third kappa shape index (κ3) is 3.65. The van der Waals surface area contributed by atoms with Crippen LogP contribution in [0.15, 0.2) is 11.6 Å². The van der Waals surface area contributed by atoms with Crippen LogP contribution < -0.4 is 0 Å². The number of aliphatic hydroxyl groups excluding tert-OH is 2. The molecule has 7 heteroatoms. The third-order valence-corrected chi connectivity index (χ3v) is 10.3. The van der Waals surface area contributed by atoms with Gasteiger partial charge in [-0.05, 0) is 94.6 Å². The summed E-state index contributed by atoms with van der Waals surface area (Å²) in [7, 11) is 0. The molecule has 0 radical (unpaired) electrons. The van der Waals surface area contributed by atoms with Gasteiger partial charge in [0.1, 0.15) is 6.10 Å². The topological polar surface area (TPSA) is 135 Å². The highest BCUT2D eigenvalue weighted by atomic mass is 16.3. The molecule has 5 N–H and O–H groups in total. The molecule has 0 spiro atoms. The Balaban J connectivity index is 1.67. The highest BCUT2D eigenvalue weighted by Gasteiger charge is 2.69. The first kappa shape index (κ1) is 26.0. The number of allylic oxidation sites excluding steroid dienone is 1. The lowest BCUT2D eigenvalue weighted by Gasteiger charge is -2.60. The van der Waals surface area contributed by atoms with E-state index in [0.29, 0.717) is 37.7 Å². The fourth-order valence-corrected chi connectivity index (χ4v) is 8.15. The lowest BCUT2D eigenvalue weighted by Crippen LogP contribution is -2.62. The molecular formula is C27H42O7. The lowest BCUT2D eigenvalue weighted by atomic mass is 9.45. The minimum Gasteiger partial charge on any atom is -0.390 e. The number of rotatable bonds is 5. The average Bonchev–Trinajstić information content (AvgIpc) is 3.00. The molecule has 3 saturated carbocycles. The highest BCUT2D eigenvalue weighted by Crippen LogP contribution is 2.68. The molecule has 0 aromatic rings. The Morgan fingerprint density at radius 1 is 1.09 bits per heavy atom. The van der Waals surface area contributed by atoms with Crippen molar-refractivity contribution in [3.05, 3.63) is 11.6 Å². The summed E-state index contributed by atoms with van der Waals surface area (Å²) < 4.78 is 0. The number of hydrogen-bond donors (Lipinski definition) is 5. The summed E-state index contributed by atoms with van der Waals surface area (Å²) in [6.45, 7) is 8.86. The summed E-state index contributed by atoms with van der Waals surface area (Å²) in [5.74, 6) is -1.37. The van der Waals surface area contributed by atoms with Crippen LogP contribution in [0.1, 0.15) is 86.0 Å². The Hall–Kier alpha value is -1.12. The fourth-order valence-electron chi connectivity index (χ4n) is 8.15. The average molecular weight is 479 g/mol. The second-order valence-corrected chi connectivity index (χ2v) is 13.0. The second kappa shape index (κ2) is 7.94. The summed E-state index contributed by atoms with van der Waals surface area (Å²) in [4.78, 5) is 25.7. The van der Waals surface area contributed by atoms with Crippen molar-refractivity contribution in [2.75, 3.05) is 0 Å². The summed E-state index contributed by atoms with van der Waals surface area (Å²) in [5.41, 5.74) is -4.48. The van der Waals surface area contributed by atoms with Crippen LogP contribution in [0.3, 0.4) is 0 Å². The van der Waals surface area contributed by atoms with Crippen molar-refractivity contribution >= 4 is 11.6 Å². The van der Waals surface area contributed by atoms with E-state index >= 15 is 0 Å². The van der Waals surface area contributed by atoms with Crippen LogP contribution in [0.4, 0.5) is 0 Å². The zero-order valence-corrected chi connectivity index (χ0v) is 21.2. The van der Waals surface area contributed by atoms with Gasteiger partial charge in [0, 0.05) is 17.8 Å². The van der Waals surface area contributed by atoms with E-state index in [2.05, 4.69) is 0 Å². The maximum absolute atomic E-state index is 13.2. The van der Waals surface area contributed by atoms with Crippen molar-refractivity contribution in [3.63, 3.8) is 0 Å². The number of ketones is 2. The van der Waals surface area contributed by atoms with Crippen molar-refractivity contribution in [2.24, 2.45) is 28.6 Å². The minimum atomic E-state index is -1.48. The first-order chi connectivity index (χ1) is 15.5. The van der Waals surface area contributed by atoms with Crippen LogP contribution in [0.2, 0.25) is 0 Å². The normalized spacial score (nSPS) is 45.1. The molecule has 0 aliphatic heterocycles. The zero-order chi connectivity index (χ0) is 25.5. The van der Waals surface area contributed by atoms with E-state index in [1.165, 1.54) is 0 Å². The molecule has 9 atom stereocenters. The van der Waals surface area contributed by atoms with Gasteiger partial charge < -0.3 is 25.5 Å². The summed E-state index contributed by atoms with van der Waals surface area (Å²) in [5, 5.41) is 54.9. The summed E-state index contributed by atoms with van der Waals surface area (Å²) >= 11 is 0. The van der Waals surface area contributed by atoms with E-state index in [9.17, 15) is 35.1 Å². The zero-order valence-electron chi connectivity index (χ0n) is 21.2. The maximum atomic E-state index is 13.2. The summed E-state index contributed by atoms with van der Waals surface area (Å²) in [6, 6.07) is 0. The van der Waals surface area contributed by atoms with Crippen LogP contribution in [0, 0.1) is 28.6 Å². The molecule has 4 aliphatic carbocycles. The molecular weight excluding hydrogens is 436 g/mol. The number of fused-ring (bicyclic) bond motifs is 5. The summed E-state index contributed by atoms with van der Waals surface area (Å²) in [6.07, 6.45) is 2.34. The quantitative estimate of drug-likeness (QED) is 0.408. The largest absolute Gasteiger partial charge is 0.390 e. The molecule has 1 unspecified atom stereocenters. The molecule has 0 amide bonds. The van der Waals surface area contributed by atoms with Crippen LogP contribution in [0.5, 0.6) is 0 Å². The van der Waals surface area contributed by atoms with E-state index in [0.717, 1.165) is 0 Å². The standard InChI is InChI=1S/C27H42O7/c1-23(2,32)9-8-22(31)26(5,33)21-7-11-27(34)16-12-18(28)17-13-19(29)20(30)14-24(17,3)15(16)6-10-25(21,27)4/h12,15,17,19,21-22,29,31-34H,6-11,13-14H2,1-5H3/t15-,17-,19-,21?,22+,24+,25+,26+,27+/m0/s1. The van der Waals surface area contributed by atoms with Gasteiger partial charge in [0.2, 0.25) is 0 Å². The Morgan fingerprint density at radius 2 is 1.74 bits per heavy atom. The van der Waals surface area contributed by atoms with Gasteiger partial charge in [-0.25, -0.2) is 0 Å². The van der Waals surface area contributed by atoms with Crippen molar-refractivity contribution < 1.29 is 35.1 Å². The molecule has 34 heavy (non-hydrogen) atoms. The number of carbonyl (C=O) groups is 2. The molecule has 0 aromatic carbocycles. The van der Waals surface area contributed by atoms with Crippen molar-refractivity contribution in [3.8, 4) is 0 Å². The predicted octanol–water partition coefficient (Wildman–Crippen LogP) is 2.06. The molecule has 0 bridgehead atoms. The SMILES string of the molecule is CC(C)(O)CC[C@@H](O)[C@](C)(O)C1CC[C@@]2(O)C3=CC(=O)[C@@H]4C[C@H](O)C(=O)C[C@]4(C)[C@H]3CC[C@]12C.